The standard InChI is InChI=1S/C43H39N/c1-42(2)36-15-8-6-13-33(36)34-20-19-32(26-39(34)42)44(31-11-4-3-5-12-31)40-18-10-17-38-41(40)35-14-7-9-16-37(35)43(38)29-22-27-21-28(24-29)25-30(43)23-27/h3-20,26-30H,21-25H2,1-2H3. The van der Waals surface area contributed by atoms with Gasteiger partial charge in [0.2, 0.25) is 0 Å². The Balaban J connectivity index is 1.22. The Bertz CT molecular complexity index is 1930. The van der Waals surface area contributed by atoms with Crippen LogP contribution in [0.1, 0.15) is 68.2 Å². The first-order valence-electron chi connectivity index (χ1n) is 16.9. The molecular formula is C43H39N. The molecule has 0 aromatic heterocycles. The van der Waals surface area contributed by atoms with Gasteiger partial charge in [0.25, 0.3) is 0 Å². The summed E-state index contributed by atoms with van der Waals surface area (Å²) < 4.78 is 0. The molecule has 5 aromatic carbocycles. The molecule has 44 heavy (non-hydrogen) atoms. The molecule has 5 aromatic rings. The van der Waals surface area contributed by atoms with Crippen LogP contribution >= 0.6 is 0 Å². The molecule has 0 N–H and O–H groups in total. The number of hydrogen-bond acceptors (Lipinski definition) is 1. The van der Waals surface area contributed by atoms with Crippen LogP contribution in [-0.4, -0.2) is 0 Å². The van der Waals surface area contributed by atoms with Crippen molar-refractivity contribution in [3.63, 3.8) is 0 Å². The minimum Gasteiger partial charge on any atom is -0.310 e. The van der Waals surface area contributed by atoms with Gasteiger partial charge in [0.1, 0.15) is 0 Å². The third kappa shape index (κ3) is 3.11. The van der Waals surface area contributed by atoms with E-state index in [2.05, 4.69) is 134 Å². The Morgan fingerprint density at radius 3 is 1.86 bits per heavy atom. The van der Waals surface area contributed by atoms with Gasteiger partial charge >= 0.3 is 0 Å². The van der Waals surface area contributed by atoms with E-state index < -0.39 is 0 Å². The minimum absolute atomic E-state index is 0.0417. The highest BCUT2D eigenvalue weighted by Gasteiger charge is 2.61. The number of hydrogen-bond donors (Lipinski definition) is 0. The summed E-state index contributed by atoms with van der Waals surface area (Å²) in [7, 11) is 0. The van der Waals surface area contributed by atoms with Gasteiger partial charge in [-0.05, 0) is 125 Å². The molecular weight excluding hydrogens is 530 g/mol. The van der Waals surface area contributed by atoms with E-state index in [1.165, 1.54) is 82.5 Å². The van der Waals surface area contributed by atoms with Crippen molar-refractivity contribution in [1.82, 2.24) is 0 Å². The predicted molar refractivity (Wildman–Crippen MR) is 182 cm³/mol. The first kappa shape index (κ1) is 25.2. The lowest BCUT2D eigenvalue weighted by molar-refractivity contribution is -0.0399. The highest BCUT2D eigenvalue weighted by atomic mass is 15.1. The second-order valence-corrected chi connectivity index (χ2v) is 15.0. The fourth-order valence-corrected chi connectivity index (χ4v) is 11.2. The molecule has 1 spiro atoms. The van der Waals surface area contributed by atoms with Crippen LogP contribution in [0.3, 0.4) is 0 Å². The summed E-state index contributed by atoms with van der Waals surface area (Å²) in [5.74, 6) is 3.42. The molecule has 4 fully saturated rings. The van der Waals surface area contributed by atoms with Crippen LogP contribution in [0, 0.1) is 23.7 Å². The average molecular weight is 570 g/mol. The van der Waals surface area contributed by atoms with Crippen LogP contribution < -0.4 is 4.90 Å². The molecule has 6 aliphatic rings. The Morgan fingerprint density at radius 2 is 1.11 bits per heavy atom. The van der Waals surface area contributed by atoms with Gasteiger partial charge in [0.15, 0.2) is 0 Å². The van der Waals surface area contributed by atoms with Gasteiger partial charge in [-0.15, -0.1) is 0 Å². The number of para-hydroxylation sites is 1. The van der Waals surface area contributed by atoms with E-state index in [1.54, 1.807) is 11.1 Å². The van der Waals surface area contributed by atoms with Crippen molar-refractivity contribution in [1.29, 1.82) is 0 Å². The monoisotopic (exact) mass is 569 g/mol. The topological polar surface area (TPSA) is 3.24 Å². The van der Waals surface area contributed by atoms with E-state index in [0.29, 0.717) is 0 Å². The van der Waals surface area contributed by atoms with E-state index >= 15 is 0 Å². The van der Waals surface area contributed by atoms with Gasteiger partial charge < -0.3 is 4.90 Å². The van der Waals surface area contributed by atoms with Crippen LogP contribution in [0.5, 0.6) is 0 Å². The number of rotatable bonds is 3. The molecule has 0 unspecified atom stereocenters. The smallest absolute Gasteiger partial charge is 0.0543 e. The number of anilines is 3. The van der Waals surface area contributed by atoms with Crippen LogP contribution in [0.15, 0.2) is 115 Å². The van der Waals surface area contributed by atoms with Crippen molar-refractivity contribution in [2.24, 2.45) is 23.7 Å². The fourth-order valence-electron chi connectivity index (χ4n) is 11.2. The maximum Gasteiger partial charge on any atom is 0.0543 e. The highest BCUT2D eigenvalue weighted by Crippen LogP contribution is 2.70. The molecule has 0 heterocycles. The summed E-state index contributed by atoms with van der Waals surface area (Å²) in [6, 6.07) is 44.1. The van der Waals surface area contributed by atoms with E-state index in [-0.39, 0.29) is 10.8 Å². The molecule has 4 saturated carbocycles. The third-order valence-corrected chi connectivity index (χ3v) is 12.6. The minimum atomic E-state index is -0.0417. The summed E-state index contributed by atoms with van der Waals surface area (Å²) >= 11 is 0. The molecule has 0 atom stereocenters. The molecule has 0 amide bonds. The van der Waals surface area contributed by atoms with Crippen molar-refractivity contribution >= 4 is 17.1 Å². The number of benzene rings is 5. The molecule has 4 bridgehead atoms. The van der Waals surface area contributed by atoms with E-state index in [1.807, 2.05) is 0 Å². The zero-order valence-corrected chi connectivity index (χ0v) is 25.8. The maximum atomic E-state index is 2.56. The molecule has 0 aliphatic heterocycles. The van der Waals surface area contributed by atoms with Crippen LogP contribution in [-0.2, 0) is 10.8 Å². The van der Waals surface area contributed by atoms with Crippen LogP contribution in [0.25, 0.3) is 22.3 Å². The maximum absolute atomic E-state index is 2.56. The first-order chi connectivity index (χ1) is 21.5. The van der Waals surface area contributed by atoms with Crippen molar-refractivity contribution in [2.45, 2.75) is 56.8 Å². The second-order valence-electron chi connectivity index (χ2n) is 15.0. The molecule has 216 valence electrons. The Hall–Kier alpha value is -4.10. The summed E-state index contributed by atoms with van der Waals surface area (Å²) in [5.41, 5.74) is 15.7. The highest BCUT2D eigenvalue weighted by molar-refractivity contribution is 5.96. The van der Waals surface area contributed by atoms with E-state index in [9.17, 15) is 0 Å². The zero-order valence-electron chi connectivity index (χ0n) is 25.8. The van der Waals surface area contributed by atoms with Gasteiger partial charge in [0.05, 0.1) is 5.69 Å². The lowest BCUT2D eigenvalue weighted by Crippen LogP contribution is -2.55. The summed E-state index contributed by atoms with van der Waals surface area (Å²) in [4.78, 5) is 2.56. The Morgan fingerprint density at radius 1 is 0.500 bits per heavy atom. The van der Waals surface area contributed by atoms with Crippen molar-refractivity contribution in [2.75, 3.05) is 4.90 Å². The first-order valence-corrected chi connectivity index (χ1v) is 16.9. The molecule has 0 saturated heterocycles. The SMILES string of the molecule is CC1(C)c2ccccc2-c2ccc(N(c3ccccc3)c3cccc4c3-c3ccccc3C43C4CC5CC(C4)CC3C5)cc21. The van der Waals surface area contributed by atoms with Gasteiger partial charge in [-0.3, -0.25) is 0 Å². The summed E-state index contributed by atoms with van der Waals surface area (Å²) in [6.07, 6.45) is 7.13. The van der Waals surface area contributed by atoms with Crippen LogP contribution in [0.4, 0.5) is 17.1 Å². The Labute approximate surface area is 261 Å². The summed E-state index contributed by atoms with van der Waals surface area (Å²) in [5, 5.41) is 0. The number of fused-ring (bicyclic) bond motifs is 6. The average Bonchev–Trinajstić information content (AvgIpc) is 3.47. The molecule has 11 rings (SSSR count). The molecule has 0 radical (unpaired) electrons. The van der Waals surface area contributed by atoms with Crippen molar-refractivity contribution in [3.8, 4) is 22.3 Å². The third-order valence-electron chi connectivity index (χ3n) is 12.6. The van der Waals surface area contributed by atoms with Gasteiger partial charge in [-0.25, -0.2) is 0 Å². The summed E-state index contributed by atoms with van der Waals surface area (Å²) in [6.45, 7) is 4.78. The Kier molecular flexibility index (Phi) is 5.02. The second kappa shape index (κ2) is 8.75. The largest absolute Gasteiger partial charge is 0.310 e. The van der Waals surface area contributed by atoms with Gasteiger partial charge in [-0.2, -0.15) is 0 Å². The van der Waals surface area contributed by atoms with Crippen molar-refractivity contribution in [3.05, 3.63) is 138 Å². The van der Waals surface area contributed by atoms with Crippen molar-refractivity contribution < 1.29 is 0 Å². The molecule has 6 aliphatic carbocycles. The predicted octanol–water partition coefficient (Wildman–Crippen LogP) is 11.2. The normalized spacial score (nSPS) is 27.6. The molecule has 1 heteroatoms. The van der Waals surface area contributed by atoms with Gasteiger partial charge in [0, 0.05) is 27.8 Å². The molecule has 1 nitrogen and oxygen atoms in total. The van der Waals surface area contributed by atoms with Crippen LogP contribution in [0.2, 0.25) is 0 Å². The van der Waals surface area contributed by atoms with Gasteiger partial charge in [-0.1, -0.05) is 98.8 Å². The lowest BCUT2D eigenvalue weighted by atomic mass is 9.43. The zero-order chi connectivity index (χ0) is 29.2. The number of nitrogens with zero attached hydrogens (tertiary/aromatic N) is 1. The quantitative estimate of drug-likeness (QED) is 0.209. The fraction of sp³-hybridized carbons (Fsp3) is 0.302. The van der Waals surface area contributed by atoms with E-state index in [0.717, 1.165) is 23.7 Å². The lowest BCUT2D eigenvalue weighted by Gasteiger charge is -2.61. The van der Waals surface area contributed by atoms with E-state index in [4.69, 9.17) is 0 Å².